The summed E-state index contributed by atoms with van der Waals surface area (Å²) in [6.07, 6.45) is 7.75. The standard InChI is InChI=1S/C23H22N2O/c26-23(14-13-21-12-7-16-24-18-21)25(19-22-10-5-2-6-11-22)17-15-20-8-3-1-4-9-20/h1-14,16,18H,15,17,19H2/b14-13+. The predicted octanol–water partition coefficient (Wildman–Crippen LogP) is 4.37. The van der Waals surface area contributed by atoms with E-state index in [1.54, 1.807) is 18.5 Å². The van der Waals surface area contributed by atoms with E-state index >= 15 is 0 Å². The lowest BCUT2D eigenvalue weighted by Gasteiger charge is -2.21. The van der Waals surface area contributed by atoms with Crippen molar-refractivity contribution in [1.82, 2.24) is 9.88 Å². The largest absolute Gasteiger partial charge is 0.335 e. The van der Waals surface area contributed by atoms with Crippen LogP contribution in [-0.2, 0) is 17.8 Å². The van der Waals surface area contributed by atoms with Crippen molar-refractivity contribution in [2.45, 2.75) is 13.0 Å². The summed E-state index contributed by atoms with van der Waals surface area (Å²) < 4.78 is 0. The molecule has 0 radical (unpaired) electrons. The molecule has 0 aliphatic carbocycles. The minimum atomic E-state index is 0.00800. The highest BCUT2D eigenvalue weighted by atomic mass is 16.2. The number of rotatable bonds is 7. The lowest BCUT2D eigenvalue weighted by atomic mass is 10.1. The van der Waals surface area contributed by atoms with Gasteiger partial charge in [0.25, 0.3) is 0 Å². The molecule has 0 atom stereocenters. The third kappa shape index (κ3) is 5.42. The molecule has 0 aliphatic rings. The van der Waals surface area contributed by atoms with E-state index in [0.29, 0.717) is 13.1 Å². The van der Waals surface area contributed by atoms with Gasteiger partial charge in [-0.05, 0) is 35.3 Å². The van der Waals surface area contributed by atoms with Crippen LogP contribution < -0.4 is 0 Å². The van der Waals surface area contributed by atoms with Crippen molar-refractivity contribution in [3.05, 3.63) is 108 Å². The van der Waals surface area contributed by atoms with Gasteiger partial charge in [-0.2, -0.15) is 0 Å². The van der Waals surface area contributed by atoms with Gasteiger partial charge in [-0.3, -0.25) is 9.78 Å². The number of carbonyl (C=O) groups excluding carboxylic acids is 1. The van der Waals surface area contributed by atoms with Crippen molar-refractivity contribution in [2.75, 3.05) is 6.54 Å². The van der Waals surface area contributed by atoms with Gasteiger partial charge in [-0.1, -0.05) is 66.7 Å². The second-order valence-electron chi connectivity index (χ2n) is 6.10. The van der Waals surface area contributed by atoms with Crippen LogP contribution in [0.5, 0.6) is 0 Å². The molecule has 2 aromatic carbocycles. The van der Waals surface area contributed by atoms with Gasteiger partial charge < -0.3 is 4.90 Å². The first-order valence-corrected chi connectivity index (χ1v) is 8.76. The number of nitrogens with zero attached hydrogens (tertiary/aromatic N) is 2. The van der Waals surface area contributed by atoms with Gasteiger partial charge in [0.05, 0.1) is 0 Å². The van der Waals surface area contributed by atoms with E-state index in [1.165, 1.54) is 5.56 Å². The molecule has 130 valence electrons. The third-order valence-electron chi connectivity index (χ3n) is 4.14. The molecule has 0 bridgehead atoms. The fourth-order valence-electron chi connectivity index (χ4n) is 2.73. The van der Waals surface area contributed by atoms with Gasteiger partial charge in [0.15, 0.2) is 0 Å². The zero-order valence-corrected chi connectivity index (χ0v) is 14.7. The summed E-state index contributed by atoms with van der Waals surface area (Å²) >= 11 is 0. The van der Waals surface area contributed by atoms with Crippen molar-refractivity contribution in [3.8, 4) is 0 Å². The summed E-state index contributed by atoms with van der Waals surface area (Å²) in [5.74, 6) is 0.00800. The molecular formula is C23H22N2O. The van der Waals surface area contributed by atoms with Crippen molar-refractivity contribution in [1.29, 1.82) is 0 Å². The van der Waals surface area contributed by atoms with E-state index in [1.807, 2.05) is 71.6 Å². The monoisotopic (exact) mass is 342 g/mol. The lowest BCUT2D eigenvalue weighted by molar-refractivity contribution is -0.126. The third-order valence-corrected chi connectivity index (χ3v) is 4.14. The zero-order valence-electron chi connectivity index (χ0n) is 14.7. The lowest BCUT2D eigenvalue weighted by Crippen LogP contribution is -2.31. The Morgan fingerprint density at radius 3 is 2.23 bits per heavy atom. The molecule has 0 fully saturated rings. The Bertz CT molecular complexity index is 830. The van der Waals surface area contributed by atoms with Crippen LogP contribution in [-0.4, -0.2) is 22.3 Å². The van der Waals surface area contributed by atoms with Gasteiger partial charge in [0, 0.05) is 31.6 Å². The molecule has 0 spiro atoms. The average molecular weight is 342 g/mol. The molecule has 0 unspecified atom stereocenters. The minimum absolute atomic E-state index is 0.00800. The normalized spacial score (nSPS) is 10.8. The second kappa shape index (κ2) is 9.33. The van der Waals surface area contributed by atoms with Crippen molar-refractivity contribution in [2.24, 2.45) is 0 Å². The molecule has 1 heterocycles. The summed E-state index contributed by atoms with van der Waals surface area (Å²) in [7, 11) is 0. The van der Waals surface area contributed by atoms with Gasteiger partial charge in [0.2, 0.25) is 5.91 Å². The van der Waals surface area contributed by atoms with Crippen LogP contribution in [0.3, 0.4) is 0 Å². The first-order valence-electron chi connectivity index (χ1n) is 8.76. The number of amides is 1. The molecule has 0 aliphatic heterocycles. The van der Waals surface area contributed by atoms with Crippen molar-refractivity contribution < 1.29 is 4.79 Å². The van der Waals surface area contributed by atoms with Gasteiger partial charge in [-0.25, -0.2) is 0 Å². The van der Waals surface area contributed by atoms with E-state index in [9.17, 15) is 4.79 Å². The fraction of sp³-hybridized carbons (Fsp3) is 0.130. The first kappa shape index (κ1) is 17.6. The van der Waals surface area contributed by atoms with E-state index in [0.717, 1.165) is 17.5 Å². The number of hydrogen-bond acceptors (Lipinski definition) is 2. The minimum Gasteiger partial charge on any atom is -0.335 e. The molecule has 0 saturated carbocycles. The van der Waals surface area contributed by atoms with Crippen LogP contribution in [0.25, 0.3) is 6.08 Å². The number of hydrogen-bond donors (Lipinski definition) is 0. The molecule has 3 nitrogen and oxygen atoms in total. The Morgan fingerprint density at radius 2 is 1.58 bits per heavy atom. The van der Waals surface area contributed by atoms with Crippen LogP contribution in [0, 0.1) is 0 Å². The average Bonchev–Trinajstić information content (AvgIpc) is 2.71. The molecule has 3 aromatic rings. The maximum absolute atomic E-state index is 12.8. The summed E-state index contributed by atoms with van der Waals surface area (Å²) in [4.78, 5) is 18.7. The summed E-state index contributed by atoms with van der Waals surface area (Å²) in [5, 5.41) is 0. The maximum Gasteiger partial charge on any atom is 0.246 e. The van der Waals surface area contributed by atoms with Crippen molar-refractivity contribution in [3.63, 3.8) is 0 Å². The Balaban J connectivity index is 1.70. The Hall–Kier alpha value is -3.20. The van der Waals surface area contributed by atoms with Crippen molar-refractivity contribution >= 4 is 12.0 Å². The van der Waals surface area contributed by atoms with Crippen LogP contribution in [0.2, 0.25) is 0 Å². The van der Waals surface area contributed by atoms with Gasteiger partial charge >= 0.3 is 0 Å². The Morgan fingerprint density at radius 1 is 0.885 bits per heavy atom. The number of aromatic nitrogens is 1. The molecule has 26 heavy (non-hydrogen) atoms. The van der Waals surface area contributed by atoms with Gasteiger partial charge in [0.1, 0.15) is 0 Å². The van der Waals surface area contributed by atoms with E-state index in [2.05, 4.69) is 17.1 Å². The van der Waals surface area contributed by atoms with E-state index < -0.39 is 0 Å². The SMILES string of the molecule is O=C(/C=C/c1cccnc1)N(CCc1ccccc1)Cc1ccccc1. The Kier molecular flexibility index (Phi) is 6.32. The molecule has 1 aromatic heterocycles. The first-order chi connectivity index (χ1) is 12.8. The van der Waals surface area contributed by atoms with Crippen LogP contribution in [0.1, 0.15) is 16.7 Å². The predicted molar refractivity (Wildman–Crippen MR) is 105 cm³/mol. The molecule has 3 heteroatoms. The number of carbonyl (C=O) groups is 1. The quantitative estimate of drug-likeness (QED) is 0.598. The van der Waals surface area contributed by atoms with Crippen LogP contribution in [0.15, 0.2) is 91.3 Å². The summed E-state index contributed by atoms with van der Waals surface area (Å²) in [6.45, 7) is 1.28. The molecule has 1 amide bonds. The molecule has 0 saturated heterocycles. The van der Waals surface area contributed by atoms with Crippen LogP contribution in [0.4, 0.5) is 0 Å². The summed E-state index contributed by atoms with van der Waals surface area (Å²) in [6, 6.07) is 24.1. The highest BCUT2D eigenvalue weighted by molar-refractivity contribution is 5.91. The topological polar surface area (TPSA) is 33.2 Å². The fourth-order valence-corrected chi connectivity index (χ4v) is 2.73. The molecular weight excluding hydrogens is 320 g/mol. The maximum atomic E-state index is 12.8. The zero-order chi connectivity index (χ0) is 18.0. The summed E-state index contributed by atoms with van der Waals surface area (Å²) in [5.41, 5.74) is 3.28. The van der Waals surface area contributed by atoms with Gasteiger partial charge in [-0.15, -0.1) is 0 Å². The van der Waals surface area contributed by atoms with E-state index in [4.69, 9.17) is 0 Å². The van der Waals surface area contributed by atoms with Crippen LogP contribution >= 0.6 is 0 Å². The highest BCUT2D eigenvalue weighted by Gasteiger charge is 2.11. The molecule has 3 rings (SSSR count). The second-order valence-corrected chi connectivity index (χ2v) is 6.10. The molecule has 0 N–H and O–H groups in total. The van der Waals surface area contributed by atoms with E-state index in [-0.39, 0.29) is 5.91 Å². The number of pyridine rings is 1. The highest BCUT2D eigenvalue weighted by Crippen LogP contribution is 2.09. The Labute approximate surface area is 154 Å². The smallest absolute Gasteiger partial charge is 0.246 e. The number of benzene rings is 2.